The Balaban J connectivity index is 1.03. The molecule has 59 heavy (non-hydrogen) atoms. The number of phenolic OH excluding ortho intramolecular Hbond substituents is 1. The maximum atomic E-state index is 13.8. The molecular formula is C44H49Cl2F3N6O4. The molecule has 0 bridgehead atoms. The van der Waals surface area contributed by atoms with Crippen molar-refractivity contribution in [3.05, 3.63) is 112 Å². The highest BCUT2D eigenvalue weighted by Gasteiger charge is 2.39. The Morgan fingerprint density at radius 2 is 1.58 bits per heavy atom. The molecule has 7 rings (SSSR count). The summed E-state index contributed by atoms with van der Waals surface area (Å²) >= 11 is 12.9. The molecule has 0 saturated carbocycles. The number of aryl methyl sites for hydroxylation is 1. The number of nitrogens with one attached hydrogen (secondary N) is 3. The van der Waals surface area contributed by atoms with Gasteiger partial charge in [-0.3, -0.25) is 19.9 Å². The minimum Gasteiger partial charge on any atom is -0.504 e. The van der Waals surface area contributed by atoms with Gasteiger partial charge in [-0.2, -0.15) is 0 Å². The van der Waals surface area contributed by atoms with Crippen molar-refractivity contribution in [2.24, 2.45) is 0 Å². The summed E-state index contributed by atoms with van der Waals surface area (Å²) < 4.78 is 50.4. The number of hydrogen-bond donors (Lipinski definition) is 4. The van der Waals surface area contributed by atoms with Crippen molar-refractivity contribution in [2.75, 3.05) is 52.9 Å². The quantitative estimate of drug-likeness (QED) is 0.0788. The van der Waals surface area contributed by atoms with Gasteiger partial charge >= 0.3 is 6.36 Å². The normalized spacial score (nSPS) is 16.3. The third-order valence-corrected chi connectivity index (χ3v) is 12.0. The van der Waals surface area contributed by atoms with E-state index in [0.29, 0.717) is 74.3 Å². The Labute approximate surface area is 352 Å². The first-order chi connectivity index (χ1) is 28.4. The van der Waals surface area contributed by atoms with Crippen LogP contribution < -0.4 is 25.4 Å². The van der Waals surface area contributed by atoms with Gasteiger partial charge in [-0.15, -0.1) is 13.2 Å². The van der Waals surface area contributed by atoms with Crippen molar-refractivity contribution in [2.45, 2.75) is 57.3 Å². The number of aromatic hydroxyl groups is 1. The molecule has 4 N–H and O–H groups in total. The van der Waals surface area contributed by atoms with Crippen LogP contribution in [-0.2, 0) is 31.0 Å². The number of rotatable bonds is 15. The molecule has 1 aromatic heterocycles. The first kappa shape index (κ1) is 42.6. The number of ether oxygens (including phenoxy) is 2. The number of piperazine rings is 1. The molecule has 2 fully saturated rings. The number of alkyl halides is 3. The van der Waals surface area contributed by atoms with Gasteiger partial charge in [0, 0.05) is 97.2 Å². The highest BCUT2D eigenvalue weighted by Crippen LogP contribution is 2.35. The van der Waals surface area contributed by atoms with Gasteiger partial charge in [0.15, 0.2) is 11.5 Å². The first-order valence-corrected chi connectivity index (χ1v) is 20.6. The number of piperidine rings is 1. The van der Waals surface area contributed by atoms with Crippen molar-refractivity contribution in [3.8, 4) is 28.4 Å². The molecule has 5 aromatic rings. The highest BCUT2D eigenvalue weighted by atomic mass is 35.5. The van der Waals surface area contributed by atoms with Crippen LogP contribution in [0.5, 0.6) is 17.2 Å². The third-order valence-electron chi connectivity index (χ3n) is 11.3. The van der Waals surface area contributed by atoms with Crippen molar-refractivity contribution >= 4 is 40.0 Å². The number of fused-ring (bicyclic) bond motifs is 1. The second-order valence-electron chi connectivity index (χ2n) is 15.2. The Hall–Kier alpha value is -4.50. The van der Waals surface area contributed by atoms with Gasteiger partial charge in [-0.05, 0) is 97.6 Å². The molecule has 2 saturated heterocycles. The minimum atomic E-state index is -4.78. The molecule has 0 unspecified atom stereocenters. The molecule has 2 aliphatic rings. The summed E-state index contributed by atoms with van der Waals surface area (Å²) in [4.78, 5) is 18.6. The number of carbonyl (C=O) groups excluding carboxylic acids is 1. The smallest absolute Gasteiger partial charge is 0.504 e. The molecule has 314 valence electrons. The molecule has 3 heterocycles. The molecule has 0 aliphatic carbocycles. The molecule has 1 amide bonds. The van der Waals surface area contributed by atoms with Crippen LogP contribution in [0.15, 0.2) is 85.1 Å². The first-order valence-electron chi connectivity index (χ1n) is 19.9. The molecule has 0 radical (unpaired) electrons. The van der Waals surface area contributed by atoms with E-state index in [1.54, 1.807) is 24.3 Å². The number of nitrogens with zero attached hydrogens (tertiary/aromatic N) is 3. The Bertz CT molecular complexity index is 2200. The average Bonchev–Trinajstić information content (AvgIpc) is 3.58. The molecule has 2 aliphatic heterocycles. The van der Waals surface area contributed by atoms with E-state index in [1.807, 2.05) is 30.5 Å². The van der Waals surface area contributed by atoms with Crippen LogP contribution in [0.3, 0.4) is 0 Å². The monoisotopic (exact) mass is 852 g/mol. The lowest BCUT2D eigenvalue weighted by Crippen LogP contribution is -2.61. The van der Waals surface area contributed by atoms with Gasteiger partial charge in [-0.25, -0.2) is 0 Å². The average molecular weight is 854 g/mol. The van der Waals surface area contributed by atoms with E-state index in [1.165, 1.54) is 19.2 Å². The summed E-state index contributed by atoms with van der Waals surface area (Å²) in [6, 6.07) is 23.1. The van der Waals surface area contributed by atoms with Crippen LogP contribution in [0.4, 0.5) is 13.2 Å². The van der Waals surface area contributed by atoms with Gasteiger partial charge in [0.2, 0.25) is 5.91 Å². The summed E-state index contributed by atoms with van der Waals surface area (Å²) in [7, 11) is 1.50. The van der Waals surface area contributed by atoms with Gasteiger partial charge in [0.1, 0.15) is 11.3 Å². The zero-order valence-corrected chi connectivity index (χ0v) is 34.4. The topological polar surface area (TPSA) is 103 Å². The third kappa shape index (κ3) is 10.6. The Kier molecular flexibility index (Phi) is 13.6. The van der Waals surface area contributed by atoms with Crippen molar-refractivity contribution in [3.63, 3.8) is 0 Å². The summed E-state index contributed by atoms with van der Waals surface area (Å²) in [5, 5.41) is 22.4. The standard InChI is InChI=1S/C44H49Cl2F3N6O4/c1-58-41-25-30(7-13-40(41)56)26-52-43(14-17-50-18-15-43)42(57)51-16-3-19-55-29-35(32-8-10-33(11-9-32)59-44(47,48)49)34-24-31(6-12-39(34)55)27-53-20-22-54(23-21-53)28-36-37(45)4-2-5-38(36)46/h2,4-13,24-25,29,50,52,56H,3,14-23,26-28H2,1H3,(H,51,57). The number of carbonyl (C=O) groups is 1. The second kappa shape index (κ2) is 18.8. The molecular weight excluding hydrogens is 804 g/mol. The molecule has 0 spiro atoms. The number of aromatic nitrogens is 1. The second-order valence-corrected chi connectivity index (χ2v) is 16.0. The number of hydrogen-bond acceptors (Lipinski definition) is 8. The predicted molar refractivity (Wildman–Crippen MR) is 225 cm³/mol. The van der Waals surface area contributed by atoms with E-state index < -0.39 is 11.9 Å². The van der Waals surface area contributed by atoms with E-state index in [2.05, 4.69) is 53.3 Å². The maximum absolute atomic E-state index is 13.8. The van der Waals surface area contributed by atoms with Gasteiger partial charge in [-0.1, -0.05) is 53.5 Å². The fourth-order valence-electron chi connectivity index (χ4n) is 8.03. The number of phenols is 1. The highest BCUT2D eigenvalue weighted by molar-refractivity contribution is 6.36. The maximum Gasteiger partial charge on any atom is 0.573 e. The molecule has 4 aromatic carbocycles. The van der Waals surface area contributed by atoms with E-state index in [4.69, 9.17) is 27.9 Å². The zero-order valence-electron chi connectivity index (χ0n) is 32.9. The largest absolute Gasteiger partial charge is 0.573 e. The zero-order chi connectivity index (χ0) is 41.6. The summed E-state index contributed by atoms with van der Waals surface area (Å²) in [5.74, 6) is 0.108. The fraction of sp³-hybridized carbons (Fsp3) is 0.386. The Morgan fingerprint density at radius 3 is 2.25 bits per heavy atom. The van der Waals surface area contributed by atoms with E-state index >= 15 is 0 Å². The van der Waals surface area contributed by atoms with Crippen LogP contribution in [0, 0.1) is 0 Å². The lowest BCUT2D eigenvalue weighted by atomic mass is 9.87. The summed E-state index contributed by atoms with van der Waals surface area (Å²) in [6.07, 6.45) is -0.832. The summed E-state index contributed by atoms with van der Waals surface area (Å²) in [5.41, 5.74) is 4.88. The van der Waals surface area contributed by atoms with Crippen molar-refractivity contribution in [1.82, 2.24) is 30.3 Å². The van der Waals surface area contributed by atoms with E-state index in [-0.39, 0.29) is 17.4 Å². The lowest BCUT2D eigenvalue weighted by molar-refractivity contribution is -0.274. The van der Waals surface area contributed by atoms with Crippen LogP contribution >= 0.6 is 23.2 Å². The molecule has 10 nitrogen and oxygen atoms in total. The van der Waals surface area contributed by atoms with Crippen LogP contribution in [-0.4, -0.2) is 90.2 Å². The Morgan fingerprint density at radius 1 is 0.898 bits per heavy atom. The van der Waals surface area contributed by atoms with Crippen molar-refractivity contribution in [1.29, 1.82) is 0 Å². The fourth-order valence-corrected chi connectivity index (χ4v) is 8.54. The number of halogens is 5. The summed E-state index contributed by atoms with van der Waals surface area (Å²) in [6.45, 7) is 7.84. The van der Waals surface area contributed by atoms with Crippen molar-refractivity contribution < 1.29 is 32.5 Å². The van der Waals surface area contributed by atoms with E-state index in [9.17, 15) is 23.1 Å². The van der Waals surface area contributed by atoms with Gasteiger partial charge < -0.3 is 29.8 Å². The number of benzene rings is 4. The minimum absolute atomic E-state index is 0.0536. The molecule has 15 heteroatoms. The van der Waals surface area contributed by atoms with Gasteiger partial charge in [0.25, 0.3) is 0 Å². The van der Waals surface area contributed by atoms with E-state index in [0.717, 1.165) is 71.4 Å². The predicted octanol–water partition coefficient (Wildman–Crippen LogP) is 7.96. The molecule has 0 atom stereocenters. The number of amides is 1. The van der Waals surface area contributed by atoms with Crippen LogP contribution in [0.25, 0.3) is 22.0 Å². The van der Waals surface area contributed by atoms with Crippen LogP contribution in [0.1, 0.15) is 36.0 Å². The SMILES string of the molecule is COc1cc(CNC2(C(=O)NCCCn3cc(-c4ccc(OC(F)(F)F)cc4)c4cc(CN5CCN(Cc6c(Cl)cccc6Cl)CC5)ccc43)CCNCC2)ccc1O. The number of methoxy groups -OCH3 is 1. The van der Waals surface area contributed by atoms with Gasteiger partial charge in [0.05, 0.1) is 7.11 Å². The lowest BCUT2D eigenvalue weighted by Gasteiger charge is -2.37. The van der Waals surface area contributed by atoms with Crippen LogP contribution in [0.2, 0.25) is 10.0 Å².